The van der Waals surface area contributed by atoms with Gasteiger partial charge in [0.2, 0.25) is 5.91 Å². The number of esters is 1. The van der Waals surface area contributed by atoms with Gasteiger partial charge in [-0.05, 0) is 25.5 Å². The van der Waals surface area contributed by atoms with Crippen LogP contribution in [0.4, 0.5) is 5.69 Å². The number of nitrogens with zero attached hydrogens (tertiary/aromatic N) is 3. The predicted molar refractivity (Wildman–Crippen MR) is 106 cm³/mol. The lowest BCUT2D eigenvalue weighted by Gasteiger charge is -2.28. The van der Waals surface area contributed by atoms with Gasteiger partial charge in [-0.1, -0.05) is 18.2 Å². The van der Waals surface area contributed by atoms with Gasteiger partial charge in [-0.25, -0.2) is 18.2 Å². The SMILES string of the molecule is C[C@@H](OC(=O)C1=NN([C@H]2CCS(=O)(=O)C2)C(=O)CC1)C(=O)N(C)c1ccccc1. The number of sulfone groups is 1. The number of hydrogen-bond donors (Lipinski definition) is 0. The molecule has 0 N–H and O–H groups in total. The van der Waals surface area contributed by atoms with Crippen LogP contribution in [0, 0.1) is 0 Å². The van der Waals surface area contributed by atoms with Crippen molar-refractivity contribution in [3.63, 3.8) is 0 Å². The fraction of sp³-hybridized carbons (Fsp3) is 0.474. The first-order valence-corrected chi connectivity index (χ1v) is 11.1. The zero-order valence-electron chi connectivity index (χ0n) is 16.3. The van der Waals surface area contributed by atoms with E-state index in [0.717, 1.165) is 5.01 Å². The lowest BCUT2D eigenvalue weighted by molar-refractivity contribution is -0.147. The summed E-state index contributed by atoms with van der Waals surface area (Å²) < 4.78 is 28.6. The van der Waals surface area contributed by atoms with E-state index in [9.17, 15) is 22.8 Å². The molecule has 1 saturated heterocycles. The number of rotatable bonds is 5. The number of hydrazone groups is 1. The topological polar surface area (TPSA) is 113 Å². The molecule has 0 bridgehead atoms. The molecular weight excluding hydrogens is 398 g/mol. The van der Waals surface area contributed by atoms with Crippen molar-refractivity contribution >= 4 is 39.0 Å². The quantitative estimate of drug-likeness (QED) is 0.648. The van der Waals surface area contributed by atoms with Crippen LogP contribution in [0.5, 0.6) is 0 Å². The van der Waals surface area contributed by atoms with E-state index in [0.29, 0.717) is 5.69 Å². The van der Waals surface area contributed by atoms with Crippen molar-refractivity contribution in [2.75, 3.05) is 23.5 Å². The molecule has 3 rings (SSSR count). The molecule has 10 heteroatoms. The Morgan fingerprint density at radius 1 is 1.24 bits per heavy atom. The molecule has 0 saturated carbocycles. The summed E-state index contributed by atoms with van der Waals surface area (Å²) >= 11 is 0. The van der Waals surface area contributed by atoms with Crippen molar-refractivity contribution in [2.24, 2.45) is 5.10 Å². The Labute approximate surface area is 169 Å². The van der Waals surface area contributed by atoms with Gasteiger partial charge in [-0.15, -0.1) is 0 Å². The van der Waals surface area contributed by atoms with Crippen molar-refractivity contribution in [3.8, 4) is 0 Å². The van der Waals surface area contributed by atoms with Crippen LogP contribution in [0.15, 0.2) is 35.4 Å². The zero-order valence-corrected chi connectivity index (χ0v) is 17.1. The lowest BCUT2D eigenvalue weighted by atomic mass is 10.1. The van der Waals surface area contributed by atoms with Crippen LogP contribution in [0.25, 0.3) is 0 Å². The number of benzene rings is 1. The largest absolute Gasteiger partial charge is 0.448 e. The van der Waals surface area contributed by atoms with Crippen molar-refractivity contribution in [2.45, 2.75) is 38.3 Å². The summed E-state index contributed by atoms with van der Waals surface area (Å²) in [5.41, 5.74) is 0.672. The van der Waals surface area contributed by atoms with Gasteiger partial charge in [-0.2, -0.15) is 5.10 Å². The smallest absolute Gasteiger partial charge is 0.355 e. The highest BCUT2D eigenvalue weighted by Gasteiger charge is 2.38. The summed E-state index contributed by atoms with van der Waals surface area (Å²) in [4.78, 5) is 38.6. The average Bonchev–Trinajstić information content (AvgIpc) is 3.07. The first-order chi connectivity index (χ1) is 13.7. The fourth-order valence-electron chi connectivity index (χ4n) is 3.30. The number of carbonyl (C=O) groups is 3. The van der Waals surface area contributed by atoms with Crippen molar-refractivity contribution in [1.82, 2.24) is 5.01 Å². The second kappa shape index (κ2) is 8.32. The van der Waals surface area contributed by atoms with E-state index >= 15 is 0 Å². The van der Waals surface area contributed by atoms with E-state index in [1.165, 1.54) is 11.8 Å². The molecule has 0 radical (unpaired) electrons. The van der Waals surface area contributed by atoms with E-state index in [1.54, 1.807) is 31.3 Å². The molecule has 1 aromatic carbocycles. The molecule has 1 aromatic rings. The normalized spacial score (nSPS) is 22.0. The minimum atomic E-state index is -3.20. The van der Waals surface area contributed by atoms with E-state index in [-0.39, 0.29) is 42.4 Å². The van der Waals surface area contributed by atoms with Gasteiger partial charge in [0.05, 0.1) is 17.5 Å². The summed E-state index contributed by atoms with van der Waals surface area (Å²) in [7, 11) is -1.62. The number of ether oxygens (including phenoxy) is 1. The Morgan fingerprint density at radius 2 is 1.93 bits per heavy atom. The zero-order chi connectivity index (χ0) is 21.2. The summed E-state index contributed by atoms with van der Waals surface area (Å²) in [6, 6.07) is 8.37. The first-order valence-electron chi connectivity index (χ1n) is 9.31. The lowest BCUT2D eigenvalue weighted by Crippen LogP contribution is -2.43. The van der Waals surface area contributed by atoms with E-state index in [1.807, 2.05) is 6.07 Å². The molecule has 1 fully saturated rings. The first kappa shape index (κ1) is 21.0. The maximum absolute atomic E-state index is 12.5. The molecule has 9 nitrogen and oxygen atoms in total. The number of anilines is 1. The van der Waals surface area contributed by atoms with Crippen molar-refractivity contribution in [3.05, 3.63) is 30.3 Å². The molecule has 156 valence electrons. The third kappa shape index (κ3) is 4.81. The van der Waals surface area contributed by atoms with E-state index in [4.69, 9.17) is 4.74 Å². The Kier molecular flexibility index (Phi) is 6.02. The summed E-state index contributed by atoms with van der Waals surface area (Å²) in [6.07, 6.45) is -0.635. The molecule has 2 heterocycles. The van der Waals surface area contributed by atoms with Gasteiger partial charge in [-0.3, -0.25) is 9.59 Å². The minimum absolute atomic E-state index is 0.00585. The third-order valence-electron chi connectivity index (χ3n) is 4.96. The third-order valence-corrected chi connectivity index (χ3v) is 6.71. The summed E-state index contributed by atoms with van der Waals surface area (Å²) in [5, 5.41) is 5.15. The van der Waals surface area contributed by atoms with Gasteiger partial charge in [0, 0.05) is 25.6 Å². The Morgan fingerprint density at radius 3 is 2.55 bits per heavy atom. The minimum Gasteiger partial charge on any atom is -0.448 e. The Hall–Kier alpha value is -2.75. The van der Waals surface area contributed by atoms with Crippen molar-refractivity contribution < 1.29 is 27.5 Å². The molecule has 0 aliphatic carbocycles. The maximum atomic E-state index is 12.5. The number of carbonyl (C=O) groups excluding carboxylic acids is 3. The van der Waals surface area contributed by atoms with Gasteiger partial charge < -0.3 is 9.64 Å². The van der Waals surface area contributed by atoms with Crippen LogP contribution >= 0.6 is 0 Å². The number of amides is 2. The predicted octanol–water partition coefficient (Wildman–Crippen LogP) is 0.747. The highest BCUT2D eigenvalue weighted by Crippen LogP contribution is 2.22. The number of hydrogen-bond acceptors (Lipinski definition) is 7. The number of likely N-dealkylation sites (N-methyl/N-ethyl adjacent to an activating group) is 1. The molecule has 2 aliphatic heterocycles. The molecular formula is C19H23N3O6S. The van der Waals surface area contributed by atoms with Gasteiger partial charge >= 0.3 is 5.97 Å². The Bertz CT molecular complexity index is 944. The molecule has 0 unspecified atom stereocenters. The molecule has 2 aliphatic rings. The van der Waals surface area contributed by atoms with Crippen LogP contribution in [-0.4, -0.2) is 67.6 Å². The van der Waals surface area contributed by atoms with Gasteiger partial charge in [0.25, 0.3) is 5.91 Å². The van der Waals surface area contributed by atoms with E-state index in [2.05, 4.69) is 5.10 Å². The van der Waals surface area contributed by atoms with Gasteiger partial charge in [0.15, 0.2) is 15.9 Å². The van der Waals surface area contributed by atoms with Crippen molar-refractivity contribution in [1.29, 1.82) is 0 Å². The fourth-order valence-corrected chi connectivity index (χ4v) is 4.99. The van der Waals surface area contributed by atoms with Crippen LogP contribution in [0.1, 0.15) is 26.2 Å². The maximum Gasteiger partial charge on any atom is 0.355 e. The molecule has 0 spiro atoms. The second-order valence-electron chi connectivity index (χ2n) is 7.12. The highest BCUT2D eigenvalue weighted by molar-refractivity contribution is 7.91. The summed E-state index contributed by atoms with van der Waals surface area (Å²) in [6.45, 7) is 1.47. The Balaban J connectivity index is 1.67. The summed E-state index contributed by atoms with van der Waals surface area (Å²) in [5.74, 6) is -1.69. The molecule has 29 heavy (non-hydrogen) atoms. The molecule has 2 atom stereocenters. The monoisotopic (exact) mass is 421 g/mol. The van der Waals surface area contributed by atoms with Crippen LogP contribution in [-0.2, 0) is 29.0 Å². The van der Waals surface area contributed by atoms with Gasteiger partial charge in [0.1, 0.15) is 5.71 Å². The standard InChI is InChI=1S/C19H23N3O6S/c1-13(18(24)21(2)14-6-4-3-5-7-14)28-19(25)16-8-9-17(23)22(20-16)15-10-11-29(26,27)12-15/h3-7,13,15H,8-12H2,1-2H3/t13-,15+/m1/s1. The average molecular weight is 421 g/mol. The molecule has 0 aromatic heterocycles. The van der Waals surface area contributed by atoms with Crippen LogP contribution in [0.3, 0.4) is 0 Å². The van der Waals surface area contributed by atoms with E-state index < -0.39 is 33.9 Å². The van der Waals surface area contributed by atoms with Crippen LogP contribution < -0.4 is 4.90 Å². The second-order valence-corrected chi connectivity index (χ2v) is 9.35. The molecule has 2 amide bonds. The highest BCUT2D eigenvalue weighted by atomic mass is 32.2. The number of para-hydroxylation sites is 1. The van der Waals surface area contributed by atoms with Crippen LogP contribution in [0.2, 0.25) is 0 Å².